The van der Waals surface area contributed by atoms with Gasteiger partial charge in [0.1, 0.15) is 5.82 Å². The average molecular weight is 609 g/mol. The summed E-state index contributed by atoms with van der Waals surface area (Å²) in [7, 11) is 0. The molecule has 238 valence electrons. The van der Waals surface area contributed by atoms with Gasteiger partial charge in [-0.3, -0.25) is 14.6 Å². The van der Waals surface area contributed by atoms with Gasteiger partial charge in [0, 0.05) is 67.2 Å². The lowest BCUT2D eigenvalue weighted by molar-refractivity contribution is -0.136. The van der Waals surface area contributed by atoms with Crippen molar-refractivity contribution in [2.24, 2.45) is 5.92 Å². The topological polar surface area (TPSA) is 73.7 Å². The smallest absolute Gasteiger partial charge is 0.326 e. The molecule has 4 heterocycles. The van der Waals surface area contributed by atoms with Gasteiger partial charge in [-0.05, 0) is 83.1 Å². The van der Waals surface area contributed by atoms with E-state index < -0.39 is 0 Å². The number of piperidine rings is 1. The first-order valence-electron chi connectivity index (χ1n) is 17.3. The molecular formula is C37H48N6O2. The van der Waals surface area contributed by atoms with Crippen LogP contribution in [0.5, 0.6) is 0 Å². The highest BCUT2D eigenvalue weighted by atomic mass is 16.2. The number of aromatic nitrogens is 2. The molecule has 3 aromatic rings. The lowest BCUT2D eigenvalue weighted by Crippen LogP contribution is -2.45. The van der Waals surface area contributed by atoms with Crippen LogP contribution in [-0.2, 0) is 17.8 Å². The van der Waals surface area contributed by atoms with Crippen molar-refractivity contribution in [2.45, 2.75) is 103 Å². The van der Waals surface area contributed by atoms with E-state index in [2.05, 4.69) is 33.5 Å². The molecule has 8 nitrogen and oxygen atoms in total. The fraction of sp³-hybridized carbons (Fsp3) is 0.541. The Balaban J connectivity index is 0.979. The number of carbonyl (C=O) groups is 2. The number of benzene rings is 2. The number of hydrogen-bond acceptors (Lipinski definition) is 4. The molecule has 2 saturated heterocycles. The summed E-state index contributed by atoms with van der Waals surface area (Å²) in [5, 5.41) is 3.10. The Hall–Kier alpha value is -3.65. The normalized spacial score (nSPS) is 23.2. The van der Waals surface area contributed by atoms with Crippen LogP contribution in [0.3, 0.4) is 0 Å². The van der Waals surface area contributed by atoms with E-state index in [1.807, 2.05) is 59.5 Å². The highest BCUT2D eigenvalue weighted by Crippen LogP contribution is 2.42. The predicted octanol–water partition coefficient (Wildman–Crippen LogP) is 6.87. The number of fused-ring (bicyclic) bond motifs is 3. The van der Waals surface area contributed by atoms with Crippen LogP contribution in [0.4, 0.5) is 16.2 Å². The average Bonchev–Trinajstić information content (AvgIpc) is 3.76. The summed E-state index contributed by atoms with van der Waals surface area (Å²) in [5.74, 6) is 1.71. The number of amides is 3. The number of imidazole rings is 1. The van der Waals surface area contributed by atoms with Crippen molar-refractivity contribution >= 4 is 23.3 Å². The zero-order chi connectivity index (χ0) is 30.9. The number of para-hydroxylation sites is 1. The maximum Gasteiger partial charge on any atom is 0.326 e. The number of carbonyl (C=O) groups excluding carboxylic acids is 2. The third kappa shape index (κ3) is 6.26. The van der Waals surface area contributed by atoms with Crippen LogP contribution >= 0.6 is 0 Å². The second kappa shape index (κ2) is 13.0. The van der Waals surface area contributed by atoms with Gasteiger partial charge in [0.25, 0.3) is 0 Å². The molecule has 1 saturated carbocycles. The number of nitrogens with zero attached hydrogens (tertiary/aromatic N) is 5. The molecule has 3 atom stereocenters. The van der Waals surface area contributed by atoms with Crippen molar-refractivity contribution in [3.05, 3.63) is 77.4 Å². The molecule has 1 N–H and O–H groups in total. The number of nitrogens with one attached hydrogen (secondary N) is 1. The zero-order valence-electron chi connectivity index (χ0n) is 27.0. The minimum atomic E-state index is -0.0874. The van der Waals surface area contributed by atoms with Crippen LogP contribution in [0.2, 0.25) is 0 Å². The largest absolute Gasteiger partial charge is 0.336 e. The number of hydrogen-bond donors (Lipinski definition) is 1. The molecule has 1 unspecified atom stereocenters. The Bertz CT molecular complexity index is 1480. The van der Waals surface area contributed by atoms with E-state index in [1.165, 1.54) is 36.9 Å². The maximum atomic E-state index is 13.4. The molecule has 3 aliphatic heterocycles. The first kappa shape index (κ1) is 30.0. The zero-order valence-corrected chi connectivity index (χ0v) is 27.0. The molecule has 3 fully saturated rings. The molecule has 1 aromatic heterocycles. The number of aryl methyl sites for hydroxylation is 2. The summed E-state index contributed by atoms with van der Waals surface area (Å²) in [6, 6.07) is 19.5. The van der Waals surface area contributed by atoms with E-state index in [0.717, 1.165) is 74.5 Å². The molecule has 3 amide bonds. The van der Waals surface area contributed by atoms with Gasteiger partial charge >= 0.3 is 6.03 Å². The van der Waals surface area contributed by atoms with E-state index in [1.54, 1.807) is 0 Å². The standard InChI is InChI=1S/C37H48N6O2/c1-26-13-15-29(16-14-26)39-37(45)42(30-11-4-3-5-12-30)21-8-20-41-31-17-18-32(41)24-33(23-31)43-27(2)38-34-25-40(22-19-35(34)43)36(44)28-9-6-7-10-28/h3-5,11-16,28,31-33H,6-10,17-25H2,1-2H3,(H,39,45)/t31-,32+,33?. The fourth-order valence-corrected chi connectivity index (χ4v) is 8.66. The number of urea groups is 1. The predicted molar refractivity (Wildman–Crippen MR) is 178 cm³/mol. The van der Waals surface area contributed by atoms with E-state index in [9.17, 15) is 9.59 Å². The SMILES string of the molecule is Cc1ccc(NC(=O)N(CCCN2[C@@H]3CC[C@H]2CC(n2c(C)nc4c2CCN(C(=O)C2CCCC2)C4)C3)c2ccccc2)cc1. The summed E-state index contributed by atoms with van der Waals surface area (Å²) in [5.41, 5.74) is 5.42. The quantitative estimate of drug-likeness (QED) is 0.303. The van der Waals surface area contributed by atoms with Crippen LogP contribution in [0.1, 0.15) is 86.6 Å². The van der Waals surface area contributed by atoms with Crippen molar-refractivity contribution in [3.8, 4) is 0 Å². The van der Waals surface area contributed by atoms with Crippen molar-refractivity contribution in [2.75, 3.05) is 29.9 Å². The maximum absolute atomic E-state index is 13.4. The number of anilines is 2. The molecule has 0 radical (unpaired) electrons. The highest BCUT2D eigenvalue weighted by molar-refractivity contribution is 6.01. The van der Waals surface area contributed by atoms with Gasteiger partial charge in [-0.1, -0.05) is 48.7 Å². The molecule has 45 heavy (non-hydrogen) atoms. The van der Waals surface area contributed by atoms with Crippen LogP contribution < -0.4 is 10.2 Å². The third-order valence-corrected chi connectivity index (χ3v) is 10.9. The fourth-order valence-electron chi connectivity index (χ4n) is 8.66. The molecule has 7 rings (SSSR count). The molecule has 1 aliphatic carbocycles. The summed E-state index contributed by atoms with van der Waals surface area (Å²) >= 11 is 0. The first-order chi connectivity index (χ1) is 21.9. The van der Waals surface area contributed by atoms with Gasteiger partial charge in [0.15, 0.2) is 0 Å². The van der Waals surface area contributed by atoms with Crippen molar-refractivity contribution < 1.29 is 9.59 Å². The Kier molecular flexibility index (Phi) is 8.67. The monoisotopic (exact) mass is 608 g/mol. The van der Waals surface area contributed by atoms with Gasteiger partial charge in [0.2, 0.25) is 5.91 Å². The second-order valence-corrected chi connectivity index (χ2v) is 13.8. The van der Waals surface area contributed by atoms with Gasteiger partial charge in [-0.15, -0.1) is 0 Å². The minimum absolute atomic E-state index is 0.0874. The van der Waals surface area contributed by atoms with Gasteiger partial charge in [-0.25, -0.2) is 9.78 Å². The van der Waals surface area contributed by atoms with Gasteiger partial charge in [0.05, 0.1) is 12.2 Å². The Morgan fingerprint density at radius 3 is 2.33 bits per heavy atom. The van der Waals surface area contributed by atoms with E-state index in [-0.39, 0.29) is 11.9 Å². The van der Waals surface area contributed by atoms with Crippen LogP contribution in [0.25, 0.3) is 0 Å². The molecule has 4 aliphatic rings. The summed E-state index contributed by atoms with van der Waals surface area (Å²) in [6.45, 7) is 7.40. The van der Waals surface area contributed by atoms with Gasteiger partial charge in [-0.2, -0.15) is 0 Å². The van der Waals surface area contributed by atoms with E-state index >= 15 is 0 Å². The Morgan fingerprint density at radius 2 is 1.62 bits per heavy atom. The lowest BCUT2D eigenvalue weighted by Gasteiger charge is -2.41. The molecule has 0 spiro atoms. The van der Waals surface area contributed by atoms with Crippen LogP contribution in [0, 0.1) is 19.8 Å². The molecular weight excluding hydrogens is 560 g/mol. The first-order valence-corrected chi connectivity index (χ1v) is 17.3. The molecule has 2 bridgehead atoms. The summed E-state index contributed by atoms with van der Waals surface area (Å²) in [4.78, 5) is 38.3. The van der Waals surface area contributed by atoms with Gasteiger partial charge < -0.3 is 14.8 Å². The number of rotatable bonds is 8. The summed E-state index contributed by atoms with van der Waals surface area (Å²) < 4.78 is 2.56. The van der Waals surface area contributed by atoms with Crippen molar-refractivity contribution in [1.29, 1.82) is 0 Å². The molecule has 2 aromatic carbocycles. The lowest BCUT2D eigenvalue weighted by atomic mass is 9.95. The van der Waals surface area contributed by atoms with E-state index in [0.29, 0.717) is 37.1 Å². The third-order valence-electron chi connectivity index (χ3n) is 10.9. The van der Waals surface area contributed by atoms with Crippen molar-refractivity contribution in [1.82, 2.24) is 19.4 Å². The second-order valence-electron chi connectivity index (χ2n) is 13.8. The van der Waals surface area contributed by atoms with Crippen LogP contribution in [0.15, 0.2) is 54.6 Å². The van der Waals surface area contributed by atoms with E-state index in [4.69, 9.17) is 4.98 Å². The Morgan fingerprint density at radius 1 is 0.911 bits per heavy atom. The highest BCUT2D eigenvalue weighted by Gasteiger charge is 2.42. The Labute approximate surface area is 267 Å². The van der Waals surface area contributed by atoms with Crippen LogP contribution in [-0.4, -0.2) is 63.0 Å². The van der Waals surface area contributed by atoms with Crippen molar-refractivity contribution in [3.63, 3.8) is 0 Å². The summed E-state index contributed by atoms with van der Waals surface area (Å²) in [6.07, 6.45) is 11.2. The minimum Gasteiger partial charge on any atom is -0.336 e. The molecule has 8 heteroatoms.